The molecular weight excluding hydrogens is 232 g/mol. The first kappa shape index (κ1) is 13.3. The van der Waals surface area contributed by atoms with Gasteiger partial charge in [0.1, 0.15) is 0 Å². The van der Waals surface area contributed by atoms with Crippen molar-refractivity contribution >= 4 is 11.9 Å². The molecule has 0 bridgehead atoms. The lowest BCUT2D eigenvalue weighted by Crippen LogP contribution is -2.39. The van der Waals surface area contributed by atoms with Gasteiger partial charge >= 0.3 is 5.97 Å². The Morgan fingerprint density at radius 1 is 1.00 bits per heavy atom. The molecule has 0 heterocycles. The fourth-order valence-corrected chi connectivity index (χ4v) is 2.46. The van der Waals surface area contributed by atoms with E-state index in [-0.39, 0.29) is 17.9 Å². The van der Waals surface area contributed by atoms with Gasteiger partial charge in [-0.15, -0.1) is 0 Å². The average molecular weight is 254 g/mol. The van der Waals surface area contributed by atoms with Gasteiger partial charge in [-0.3, -0.25) is 9.59 Å². The van der Waals surface area contributed by atoms with Gasteiger partial charge in [0.05, 0.1) is 5.92 Å². The number of aliphatic carboxylic acids is 1. The van der Waals surface area contributed by atoms with E-state index in [0.29, 0.717) is 25.3 Å². The highest BCUT2D eigenvalue weighted by molar-refractivity contribution is 5.76. The fraction of sp³-hybridized carbons (Fsp3) is 0.846. The molecule has 5 heteroatoms. The highest BCUT2D eigenvalue weighted by Crippen LogP contribution is 2.24. The first-order valence-electron chi connectivity index (χ1n) is 6.90. The minimum Gasteiger partial charge on any atom is -0.481 e. The summed E-state index contributed by atoms with van der Waals surface area (Å²) in [6, 6.07) is 0.817. The highest BCUT2D eigenvalue weighted by atomic mass is 16.4. The van der Waals surface area contributed by atoms with Crippen molar-refractivity contribution in [3.8, 4) is 0 Å². The fourth-order valence-electron chi connectivity index (χ4n) is 2.46. The molecular formula is C13H22N2O3. The van der Waals surface area contributed by atoms with Crippen LogP contribution in [-0.2, 0) is 9.59 Å². The summed E-state index contributed by atoms with van der Waals surface area (Å²) in [4.78, 5) is 22.5. The minimum absolute atomic E-state index is 0.0851. The molecule has 0 saturated heterocycles. The number of hydrogen-bond acceptors (Lipinski definition) is 3. The number of carbonyl (C=O) groups is 2. The zero-order chi connectivity index (χ0) is 13.0. The first-order chi connectivity index (χ1) is 8.65. The van der Waals surface area contributed by atoms with E-state index in [1.54, 1.807) is 0 Å². The van der Waals surface area contributed by atoms with Crippen LogP contribution in [0.2, 0.25) is 0 Å². The van der Waals surface area contributed by atoms with Crippen LogP contribution in [0.25, 0.3) is 0 Å². The summed E-state index contributed by atoms with van der Waals surface area (Å²) >= 11 is 0. The lowest BCUT2D eigenvalue weighted by Gasteiger charge is -2.26. The monoisotopic (exact) mass is 254 g/mol. The molecule has 0 radical (unpaired) electrons. The van der Waals surface area contributed by atoms with Crippen LogP contribution >= 0.6 is 0 Å². The van der Waals surface area contributed by atoms with E-state index in [2.05, 4.69) is 10.6 Å². The summed E-state index contributed by atoms with van der Waals surface area (Å²) in [6.07, 6.45) is 5.94. The number of rotatable bonds is 6. The van der Waals surface area contributed by atoms with Gasteiger partial charge in [-0.1, -0.05) is 0 Å². The van der Waals surface area contributed by atoms with E-state index >= 15 is 0 Å². The maximum Gasteiger partial charge on any atom is 0.306 e. The van der Waals surface area contributed by atoms with Crippen molar-refractivity contribution in [3.63, 3.8) is 0 Å². The van der Waals surface area contributed by atoms with Gasteiger partial charge < -0.3 is 15.7 Å². The largest absolute Gasteiger partial charge is 0.481 e. The molecule has 2 aliphatic rings. The molecule has 102 valence electrons. The summed E-state index contributed by atoms with van der Waals surface area (Å²) in [6.45, 7) is 0.751. The Morgan fingerprint density at radius 2 is 1.61 bits per heavy atom. The smallest absolute Gasteiger partial charge is 0.306 e. The average Bonchev–Trinajstić information content (AvgIpc) is 3.13. The molecule has 0 aromatic heterocycles. The number of amides is 1. The van der Waals surface area contributed by atoms with E-state index in [1.807, 2.05) is 0 Å². The van der Waals surface area contributed by atoms with Gasteiger partial charge in [0.2, 0.25) is 5.91 Å². The quantitative estimate of drug-likeness (QED) is 0.657. The van der Waals surface area contributed by atoms with Gasteiger partial charge in [-0.2, -0.15) is 0 Å². The van der Waals surface area contributed by atoms with Crippen LogP contribution in [0, 0.1) is 5.92 Å². The first-order valence-corrected chi connectivity index (χ1v) is 6.90. The van der Waals surface area contributed by atoms with Crippen molar-refractivity contribution in [3.05, 3.63) is 0 Å². The third-order valence-corrected chi connectivity index (χ3v) is 3.80. The molecule has 0 spiro atoms. The second-order valence-electron chi connectivity index (χ2n) is 5.43. The van der Waals surface area contributed by atoms with Gasteiger partial charge in [0, 0.05) is 25.0 Å². The van der Waals surface area contributed by atoms with Crippen molar-refractivity contribution in [1.82, 2.24) is 10.6 Å². The van der Waals surface area contributed by atoms with E-state index < -0.39 is 5.97 Å². The number of carboxylic acids is 1. The topological polar surface area (TPSA) is 78.4 Å². The second-order valence-corrected chi connectivity index (χ2v) is 5.43. The van der Waals surface area contributed by atoms with Crippen LogP contribution in [0.1, 0.15) is 44.9 Å². The number of carboxylic acid groups (broad SMARTS) is 1. The molecule has 0 aromatic carbocycles. The lowest BCUT2D eigenvalue weighted by atomic mass is 9.86. The van der Waals surface area contributed by atoms with Crippen LogP contribution < -0.4 is 10.6 Å². The standard InChI is InChI=1S/C13H22N2O3/c16-12(7-8-14-10-5-6-10)15-11-3-1-9(2-4-11)13(17)18/h9-11,14H,1-8H2,(H,15,16)(H,17,18). The SMILES string of the molecule is O=C(CCNC1CC1)NC1CCC(C(=O)O)CC1. The number of carbonyl (C=O) groups excluding carboxylic acids is 1. The predicted octanol–water partition coefficient (Wildman–Crippen LogP) is 0.888. The van der Waals surface area contributed by atoms with E-state index in [4.69, 9.17) is 5.11 Å². The molecule has 18 heavy (non-hydrogen) atoms. The molecule has 2 fully saturated rings. The van der Waals surface area contributed by atoms with E-state index in [1.165, 1.54) is 12.8 Å². The van der Waals surface area contributed by atoms with Crippen LogP contribution in [0.5, 0.6) is 0 Å². The Bertz CT molecular complexity index is 307. The normalized spacial score (nSPS) is 27.8. The minimum atomic E-state index is -0.701. The molecule has 5 nitrogen and oxygen atoms in total. The van der Waals surface area contributed by atoms with E-state index in [0.717, 1.165) is 19.4 Å². The van der Waals surface area contributed by atoms with Crippen molar-refractivity contribution in [2.45, 2.75) is 57.0 Å². The zero-order valence-corrected chi connectivity index (χ0v) is 10.7. The summed E-state index contributed by atoms with van der Waals surface area (Å²) in [5.74, 6) is -0.829. The molecule has 0 atom stereocenters. The van der Waals surface area contributed by atoms with Gasteiger partial charge in [0.25, 0.3) is 0 Å². The van der Waals surface area contributed by atoms with Crippen molar-refractivity contribution in [2.75, 3.05) is 6.54 Å². The Balaban J connectivity index is 1.58. The maximum absolute atomic E-state index is 11.7. The van der Waals surface area contributed by atoms with Crippen LogP contribution in [0.15, 0.2) is 0 Å². The Kier molecular flexibility index (Phi) is 4.58. The highest BCUT2D eigenvalue weighted by Gasteiger charge is 2.26. The summed E-state index contributed by atoms with van der Waals surface area (Å²) < 4.78 is 0. The third kappa shape index (κ3) is 4.29. The zero-order valence-electron chi connectivity index (χ0n) is 10.7. The molecule has 2 aliphatic carbocycles. The van der Waals surface area contributed by atoms with Crippen LogP contribution in [0.4, 0.5) is 0 Å². The van der Waals surface area contributed by atoms with Gasteiger partial charge in [-0.05, 0) is 38.5 Å². The Labute approximate surface area is 107 Å². The van der Waals surface area contributed by atoms with Gasteiger partial charge in [-0.25, -0.2) is 0 Å². The molecule has 1 amide bonds. The number of hydrogen-bond donors (Lipinski definition) is 3. The van der Waals surface area contributed by atoms with Crippen molar-refractivity contribution in [1.29, 1.82) is 0 Å². The lowest BCUT2D eigenvalue weighted by molar-refractivity contribution is -0.142. The maximum atomic E-state index is 11.7. The molecule has 0 aliphatic heterocycles. The molecule has 3 N–H and O–H groups in total. The second kappa shape index (κ2) is 6.18. The Hall–Kier alpha value is -1.10. The van der Waals surface area contributed by atoms with Crippen LogP contribution in [-0.4, -0.2) is 35.6 Å². The summed E-state index contributed by atoms with van der Waals surface area (Å²) in [7, 11) is 0. The van der Waals surface area contributed by atoms with Crippen molar-refractivity contribution in [2.24, 2.45) is 5.92 Å². The van der Waals surface area contributed by atoms with E-state index in [9.17, 15) is 9.59 Å². The summed E-state index contributed by atoms with van der Waals surface area (Å²) in [5, 5.41) is 15.2. The molecule has 0 aromatic rings. The predicted molar refractivity (Wildman–Crippen MR) is 67.2 cm³/mol. The molecule has 2 saturated carbocycles. The molecule has 2 rings (SSSR count). The van der Waals surface area contributed by atoms with Gasteiger partial charge in [0.15, 0.2) is 0 Å². The summed E-state index contributed by atoms with van der Waals surface area (Å²) in [5.41, 5.74) is 0. The Morgan fingerprint density at radius 3 is 2.17 bits per heavy atom. The van der Waals surface area contributed by atoms with Crippen molar-refractivity contribution < 1.29 is 14.7 Å². The molecule has 0 unspecified atom stereocenters. The van der Waals surface area contributed by atoms with Crippen LogP contribution in [0.3, 0.4) is 0 Å². The number of nitrogens with one attached hydrogen (secondary N) is 2. The third-order valence-electron chi connectivity index (χ3n) is 3.80.